The molecule has 3 atom stereocenters. The summed E-state index contributed by atoms with van der Waals surface area (Å²) in [5, 5.41) is 6.89. The average Bonchev–Trinajstić information content (AvgIpc) is 2.54. The van der Waals surface area contributed by atoms with E-state index >= 15 is 0 Å². The predicted molar refractivity (Wildman–Crippen MR) is 87.3 cm³/mol. The quantitative estimate of drug-likeness (QED) is 0.818. The molecule has 0 spiro atoms. The summed E-state index contributed by atoms with van der Waals surface area (Å²) in [5.41, 5.74) is 0. The van der Waals surface area contributed by atoms with Crippen LogP contribution in [0.2, 0.25) is 0 Å². The third-order valence-corrected chi connectivity index (χ3v) is 5.33. The van der Waals surface area contributed by atoms with E-state index in [2.05, 4.69) is 36.3 Å². The van der Waals surface area contributed by atoms with Crippen LogP contribution in [0.1, 0.15) is 65.7 Å². The van der Waals surface area contributed by atoms with Gasteiger partial charge in [-0.1, -0.05) is 33.1 Å². The summed E-state index contributed by atoms with van der Waals surface area (Å²) in [7, 11) is 0. The monoisotopic (exact) mass is 295 g/mol. The largest absolute Gasteiger partial charge is 0.352 e. The van der Waals surface area contributed by atoms with Gasteiger partial charge in [-0.05, 0) is 32.6 Å². The van der Waals surface area contributed by atoms with Crippen molar-refractivity contribution in [3.63, 3.8) is 0 Å². The number of carbonyl (C=O) groups is 1. The molecule has 0 radical (unpaired) electrons. The van der Waals surface area contributed by atoms with Gasteiger partial charge in [0, 0.05) is 31.2 Å². The van der Waals surface area contributed by atoms with Crippen molar-refractivity contribution in [2.24, 2.45) is 0 Å². The number of carbonyl (C=O) groups excluding carboxylic acids is 1. The molecule has 0 aromatic rings. The number of rotatable bonds is 5. The number of piperazine rings is 1. The fourth-order valence-electron chi connectivity index (χ4n) is 3.73. The molecule has 122 valence electrons. The minimum atomic E-state index is -0.00646. The van der Waals surface area contributed by atoms with E-state index in [0.717, 1.165) is 38.8 Å². The lowest BCUT2D eigenvalue weighted by Gasteiger charge is -2.43. The van der Waals surface area contributed by atoms with E-state index in [4.69, 9.17) is 0 Å². The Labute approximate surface area is 130 Å². The number of hydrogen-bond acceptors (Lipinski definition) is 3. The maximum atomic E-state index is 12.6. The number of nitrogens with zero attached hydrogens (tertiary/aromatic N) is 1. The summed E-state index contributed by atoms with van der Waals surface area (Å²) in [4.78, 5) is 15.0. The molecule has 4 nitrogen and oxygen atoms in total. The van der Waals surface area contributed by atoms with E-state index in [1.807, 2.05) is 0 Å². The first-order valence-corrected chi connectivity index (χ1v) is 8.95. The van der Waals surface area contributed by atoms with Crippen molar-refractivity contribution in [3.8, 4) is 0 Å². The molecule has 0 aromatic carbocycles. The zero-order chi connectivity index (χ0) is 15.2. The Morgan fingerprint density at radius 1 is 1.24 bits per heavy atom. The van der Waals surface area contributed by atoms with Crippen molar-refractivity contribution in [1.82, 2.24) is 15.5 Å². The van der Waals surface area contributed by atoms with Gasteiger partial charge in [-0.3, -0.25) is 9.69 Å². The fraction of sp³-hybridized carbons (Fsp3) is 0.941. The van der Waals surface area contributed by atoms with Crippen molar-refractivity contribution in [1.29, 1.82) is 0 Å². The summed E-state index contributed by atoms with van der Waals surface area (Å²) < 4.78 is 0. The minimum Gasteiger partial charge on any atom is -0.352 e. The molecule has 1 saturated carbocycles. The van der Waals surface area contributed by atoms with Crippen LogP contribution < -0.4 is 10.6 Å². The van der Waals surface area contributed by atoms with Crippen LogP contribution >= 0.6 is 0 Å². The second-order valence-corrected chi connectivity index (χ2v) is 6.79. The van der Waals surface area contributed by atoms with Crippen molar-refractivity contribution < 1.29 is 4.79 Å². The van der Waals surface area contributed by atoms with E-state index in [0.29, 0.717) is 18.1 Å². The molecule has 3 unspecified atom stereocenters. The normalized spacial score (nSPS) is 30.0. The van der Waals surface area contributed by atoms with E-state index in [1.165, 1.54) is 19.3 Å². The lowest BCUT2D eigenvalue weighted by Crippen LogP contribution is -2.61. The molecule has 0 aromatic heterocycles. The van der Waals surface area contributed by atoms with Crippen LogP contribution in [-0.2, 0) is 4.79 Å². The van der Waals surface area contributed by atoms with Crippen LogP contribution in [0.15, 0.2) is 0 Å². The molecule has 1 aliphatic heterocycles. The van der Waals surface area contributed by atoms with Gasteiger partial charge in [0.15, 0.2) is 0 Å². The summed E-state index contributed by atoms with van der Waals surface area (Å²) in [6.07, 6.45) is 8.42. The number of nitrogens with one attached hydrogen (secondary N) is 2. The van der Waals surface area contributed by atoms with Crippen LogP contribution in [-0.4, -0.2) is 48.1 Å². The summed E-state index contributed by atoms with van der Waals surface area (Å²) >= 11 is 0. The van der Waals surface area contributed by atoms with Crippen LogP contribution in [0.5, 0.6) is 0 Å². The molecule has 2 aliphatic rings. The first kappa shape index (κ1) is 16.8. The standard InChI is InChI=1S/C17H33N3O/c1-4-14-12-20(16(5-2)11-18-14)13(3)17(21)19-15-9-7-6-8-10-15/h13-16,18H,4-12H2,1-3H3,(H,19,21). The van der Waals surface area contributed by atoms with E-state index in [-0.39, 0.29) is 11.9 Å². The van der Waals surface area contributed by atoms with Gasteiger partial charge in [-0.25, -0.2) is 0 Å². The number of hydrogen-bond donors (Lipinski definition) is 2. The zero-order valence-corrected chi connectivity index (χ0v) is 14.0. The van der Waals surface area contributed by atoms with Crippen LogP contribution in [0.25, 0.3) is 0 Å². The molecule has 1 heterocycles. The van der Waals surface area contributed by atoms with E-state index in [1.54, 1.807) is 0 Å². The average molecular weight is 295 g/mol. The number of amides is 1. The molecule has 0 bridgehead atoms. The van der Waals surface area contributed by atoms with Gasteiger partial charge < -0.3 is 10.6 Å². The van der Waals surface area contributed by atoms with Gasteiger partial charge in [-0.15, -0.1) is 0 Å². The van der Waals surface area contributed by atoms with Crippen molar-refractivity contribution in [2.75, 3.05) is 13.1 Å². The van der Waals surface area contributed by atoms with Crippen LogP contribution in [0, 0.1) is 0 Å². The Morgan fingerprint density at radius 3 is 2.57 bits per heavy atom. The van der Waals surface area contributed by atoms with Gasteiger partial charge in [0.2, 0.25) is 5.91 Å². The Morgan fingerprint density at radius 2 is 1.95 bits per heavy atom. The van der Waals surface area contributed by atoms with Gasteiger partial charge in [0.05, 0.1) is 6.04 Å². The highest BCUT2D eigenvalue weighted by molar-refractivity contribution is 5.81. The molecule has 1 saturated heterocycles. The maximum absolute atomic E-state index is 12.6. The molecule has 1 aliphatic carbocycles. The maximum Gasteiger partial charge on any atom is 0.237 e. The van der Waals surface area contributed by atoms with Crippen LogP contribution in [0.4, 0.5) is 0 Å². The summed E-state index contributed by atoms with van der Waals surface area (Å²) in [5.74, 6) is 0.233. The van der Waals surface area contributed by atoms with Gasteiger partial charge >= 0.3 is 0 Å². The molecule has 4 heteroatoms. The minimum absolute atomic E-state index is 0.00646. The zero-order valence-electron chi connectivity index (χ0n) is 14.0. The van der Waals surface area contributed by atoms with Crippen LogP contribution in [0.3, 0.4) is 0 Å². The lowest BCUT2D eigenvalue weighted by molar-refractivity contribution is -0.128. The van der Waals surface area contributed by atoms with E-state index < -0.39 is 0 Å². The molecule has 21 heavy (non-hydrogen) atoms. The third-order valence-electron chi connectivity index (χ3n) is 5.33. The molecular formula is C17H33N3O. The topological polar surface area (TPSA) is 44.4 Å². The molecule has 2 fully saturated rings. The second kappa shape index (κ2) is 8.14. The Bertz CT molecular complexity index is 328. The highest BCUT2D eigenvalue weighted by Gasteiger charge is 2.33. The Hall–Kier alpha value is -0.610. The van der Waals surface area contributed by atoms with Gasteiger partial charge in [0.25, 0.3) is 0 Å². The predicted octanol–water partition coefficient (Wildman–Crippen LogP) is 2.29. The summed E-state index contributed by atoms with van der Waals surface area (Å²) in [6.45, 7) is 8.52. The molecule has 1 amide bonds. The summed E-state index contributed by atoms with van der Waals surface area (Å²) in [6, 6.07) is 1.42. The fourth-order valence-corrected chi connectivity index (χ4v) is 3.73. The smallest absolute Gasteiger partial charge is 0.237 e. The third kappa shape index (κ3) is 4.43. The molecular weight excluding hydrogens is 262 g/mol. The lowest BCUT2D eigenvalue weighted by atomic mass is 9.95. The van der Waals surface area contributed by atoms with Gasteiger partial charge in [0.1, 0.15) is 0 Å². The molecule has 2 N–H and O–H groups in total. The van der Waals surface area contributed by atoms with E-state index in [9.17, 15) is 4.79 Å². The Balaban J connectivity index is 1.91. The first-order chi connectivity index (χ1) is 10.2. The van der Waals surface area contributed by atoms with Gasteiger partial charge in [-0.2, -0.15) is 0 Å². The highest BCUT2D eigenvalue weighted by atomic mass is 16.2. The van der Waals surface area contributed by atoms with Crippen molar-refractivity contribution >= 4 is 5.91 Å². The highest BCUT2D eigenvalue weighted by Crippen LogP contribution is 2.19. The molecule has 2 rings (SSSR count). The SMILES string of the molecule is CCC1CN(C(C)C(=O)NC2CCCCC2)C(CC)CN1. The second-order valence-electron chi connectivity index (χ2n) is 6.79. The Kier molecular flexibility index (Phi) is 6.49. The first-order valence-electron chi connectivity index (χ1n) is 8.95. The van der Waals surface area contributed by atoms with Crippen molar-refractivity contribution in [2.45, 2.75) is 89.9 Å². The van der Waals surface area contributed by atoms with Crippen molar-refractivity contribution in [3.05, 3.63) is 0 Å².